The van der Waals surface area contributed by atoms with Gasteiger partial charge in [0.15, 0.2) is 21.2 Å². The van der Waals surface area contributed by atoms with Gasteiger partial charge in [-0.1, -0.05) is 34.5 Å². The van der Waals surface area contributed by atoms with Gasteiger partial charge in [-0.15, -0.1) is 23.2 Å². The molecule has 6 atom stereocenters. The summed E-state index contributed by atoms with van der Waals surface area (Å²) in [4.78, 5) is 53.5. The van der Waals surface area contributed by atoms with Crippen molar-refractivity contribution in [1.82, 2.24) is 4.90 Å². The highest BCUT2D eigenvalue weighted by Gasteiger charge is 2.77. The van der Waals surface area contributed by atoms with E-state index in [1.807, 2.05) is 6.92 Å². The normalized spacial score (nSPS) is 32.1. The zero-order valence-corrected chi connectivity index (χ0v) is 25.7. The number of benzene rings is 2. The molecule has 6 rings (SSSR count). The van der Waals surface area contributed by atoms with Crippen molar-refractivity contribution in [2.24, 2.45) is 17.8 Å². The molecule has 6 unspecified atom stereocenters. The molecule has 4 amide bonds. The number of halogens is 4. The summed E-state index contributed by atoms with van der Waals surface area (Å²) in [7, 11) is 1.37. The largest absolute Gasteiger partial charge is 0.504 e. The number of aromatic hydroxyl groups is 1. The van der Waals surface area contributed by atoms with Crippen molar-refractivity contribution in [3.63, 3.8) is 0 Å². The van der Waals surface area contributed by atoms with Crippen LogP contribution in [0, 0.1) is 23.6 Å². The standard InChI is InChI=1S/C30H26BrCl2FN2O6/c1-3-10-35-25(38)18-9-8-17-20(22(18)26(35)39)13-29(32)27(40)36(16-6-4-15(34)5-7-16)28(41)30(29,33)23(17)19-11-14(31)12-21(42-2)24(19)37/h4-8,11-12,18,20,22-23,37H,3,9-10,13H2,1-2H3. The lowest BCUT2D eigenvalue weighted by molar-refractivity contribution is -0.140. The van der Waals surface area contributed by atoms with Crippen LogP contribution in [0.5, 0.6) is 11.5 Å². The van der Waals surface area contributed by atoms with Gasteiger partial charge in [0.1, 0.15) is 5.82 Å². The number of hydrogen-bond acceptors (Lipinski definition) is 6. The van der Waals surface area contributed by atoms with Crippen LogP contribution in [-0.4, -0.2) is 57.0 Å². The minimum Gasteiger partial charge on any atom is -0.504 e. The predicted molar refractivity (Wildman–Crippen MR) is 156 cm³/mol. The first kappa shape index (κ1) is 29.1. The molecule has 8 nitrogen and oxygen atoms in total. The summed E-state index contributed by atoms with van der Waals surface area (Å²) in [5.41, 5.74) is 0.784. The molecule has 2 aliphatic heterocycles. The van der Waals surface area contributed by atoms with Gasteiger partial charge in [0.2, 0.25) is 11.8 Å². The number of rotatable bonds is 5. The number of fused-ring (bicyclic) bond motifs is 4. The highest BCUT2D eigenvalue weighted by Crippen LogP contribution is 2.67. The van der Waals surface area contributed by atoms with E-state index in [0.29, 0.717) is 16.5 Å². The molecule has 1 N–H and O–H groups in total. The number of methoxy groups -OCH3 is 1. The molecular weight excluding hydrogens is 654 g/mol. The minimum absolute atomic E-state index is 0.0757. The Labute approximate surface area is 259 Å². The Morgan fingerprint density at radius 1 is 1.07 bits per heavy atom. The molecule has 0 aromatic heterocycles. The second kappa shape index (κ2) is 10.1. The third-order valence-corrected chi connectivity index (χ3v) is 10.9. The number of imide groups is 2. The van der Waals surface area contributed by atoms with Crippen LogP contribution in [0.15, 0.2) is 52.5 Å². The lowest BCUT2D eigenvalue weighted by atomic mass is 9.56. The molecule has 12 heteroatoms. The van der Waals surface area contributed by atoms with Crippen LogP contribution in [-0.2, 0) is 19.2 Å². The number of likely N-dealkylation sites (tertiary alicyclic amines) is 1. The second-order valence-electron chi connectivity index (χ2n) is 11.1. The maximum Gasteiger partial charge on any atom is 0.258 e. The Morgan fingerprint density at radius 2 is 1.76 bits per heavy atom. The molecule has 42 heavy (non-hydrogen) atoms. The summed E-state index contributed by atoms with van der Waals surface area (Å²) in [6.07, 6.45) is 2.40. The molecule has 4 aliphatic rings. The predicted octanol–water partition coefficient (Wildman–Crippen LogP) is 5.28. The molecule has 2 aromatic carbocycles. The van der Waals surface area contributed by atoms with E-state index in [1.165, 1.54) is 30.2 Å². The van der Waals surface area contributed by atoms with E-state index in [1.54, 1.807) is 12.1 Å². The maximum absolute atomic E-state index is 14.4. The van der Waals surface area contributed by atoms with Crippen molar-refractivity contribution >= 4 is 68.4 Å². The first-order valence-corrected chi connectivity index (χ1v) is 15.1. The van der Waals surface area contributed by atoms with E-state index < -0.39 is 51.1 Å². The van der Waals surface area contributed by atoms with Crippen LogP contribution in [0.1, 0.15) is 37.7 Å². The van der Waals surface area contributed by atoms with Gasteiger partial charge in [-0.05, 0) is 61.6 Å². The van der Waals surface area contributed by atoms with Crippen molar-refractivity contribution in [2.45, 2.75) is 41.9 Å². The fourth-order valence-corrected chi connectivity index (χ4v) is 8.60. The number of allylic oxidation sites excluding steroid dienone is 2. The molecule has 2 heterocycles. The van der Waals surface area contributed by atoms with Crippen LogP contribution < -0.4 is 9.64 Å². The van der Waals surface area contributed by atoms with Crippen molar-refractivity contribution in [3.05, 3.63) is 63.9 Å². The summed E-state index contributed by atoms with van der Waals surface area (Å²) in [6.45, 7) is 2.13. The topological polar surface area (TPSA) is 104 Å². The van der Waals surface area contributed by atoms with Gasteiger partial charge in [0.25, 0.3) is 11.8 Å². The molecule has 1 saturated carbocycles. The third-order valence-electron chi connectivity index (χ3n) is 9.03. The monoisotopic (exact) mass is 678 g/mol. The Balaban J connectivity index is 1.59. The summed E-state index contributed by atoms with van der Waals surface area (Å²) >= 11 is 18.1. The van der Waals surface area contributed by atoms with Crippen LogP contribution in [0.25, 0.3) is 0 Å². The van der Waals surface area contributed by atoms with Gasteiger partial charge in [-0.2, -0.15) is 0 Å². The lowest BCUT2D eigenvalue weighted by Gasteiger charge is -2.50. The van der Waals surface area contributed by atoms with E-state index in [-0.39, 0.29) is 54.0 Å². The number of phenols is 1. The van der Waals surface area contributed by atoms with Crippen LogP contribution in [0.2, 0.25) is 0 Å². The average Bonchev–Trinajstić information content (AvgIpc) is 3.29. The van der Waals surface area contributed by atoms with Crippen molar-refractivity contribution in [2.75, 3.05) is 18.6 Å². The Bertz CT molecular complexity index is 1580. The maximum atomic E-state index is 14.4. The number of hydrogen-bond donors (Lipinski definition) is 1. The van der Waals surface area contributed by atoms with Gasteiger partial charge < -0.3 is 9.84 Å². The molecule has 0 radical (unpaired) electrons. The number of carbonyl (C=O) groups excluding carboxylic acids is 4. The minimum atomic E-state index is -2.16. The number of anilines is 1. The first-order valence-electron chi connectivity index (χ1n) is 13.5. The number of nitrogens with zero attached hydrogens (tertiary/aromatic N) is 2. The zero-order chi connectivity index (χ0) is 30.3. The van der Waals surface area contributed by atoms with Crippen molar-refractivity contribution < 1.29 is 33.4 Å². The Morgan fingerprint density at radius 3 is 2.40 bits per heavy atom. The molecule has 2 saturated heterocycles. The van der Waals surface area contributed by atoms with E-state index in [4.69, 9.17) is 27.9 Å². The molecule has 0 bridgehead atoms. The number of amides is 4. The fourth-order valence-electron chi connectivity index (χ4n) is 7.22. The van der Waals surface area contributed by atoms with Gasteiger partial charge in [0.05, 0.1) is 24.6 Å². The van der Waals surface area contributed by atoms with Gasteiger partial charge in [-0.25, -0.2) is 9.29 Å². The number of alkyl halides is 2. The molecule has 2 aliphatic carbocycles. The van der Waals surface area contributed by atoms with E-state index in [0.717, 1.165) is 17.0 Å². The first-order chi connectivity index (χ1) is 19.9. The number of ether oxygens (including phenoxy) is 1. The lowest BCUT2D eigenvalue weighted by Crippen LogP contribution is -2.60. The SMILES string of the molecule is CCCN1C(=O)C2CC=C3C(CC4(Cl)C(=O)N(c5ccc(F)cc5)C(=O)C4(Cl)C3c3cc(Br)cc(OC)c3O)C2C1=O. The van der Waals surface area contributed by atoms with E-state index >= 15 is 0 Å². The van der Waals surface area contributed by atoms with Crippen LogP contribution >= 0.6 is 39.1 Å². The average molecular weight is 680 g/mol. The van der Waals surface area contributed by atoms with Crippen molar-refractivity contribution in [3.8, 4) is 11.5 Å². The summed E-state index contributed by atoms with van der Waals surface area (Å²) in [6, 6.07) is 7.89. The fraction of sp³-hybridized carbons (Fsp3) is 0.400. The van der Waals surface area contributed by atoms with Crippen LogP contribution in [0.3, 0.4) is 0 Å². The second-order valence-corrected chi connectivity index (χ2v) is 13.3. The van der Waals surface area contributed by atoms with E-state index in [9.17, 15) is 28.7 Å². The highest BCUT2D eigenvalue weighted by molar-refractivity contribution is 9.10. The Hall–Kier alpha value is -2.95. The summed E-state index contributed by atoms with van der Waals surface area (Å²) < 4.78 is 19.6. The van der Waals surface area contributed by atoms with Crippen molar-refractivity contribution in [1.29, 1.82) is 0 Å². The van der Waals surface area contributed by atoms with Gasteiger partial charge in [0, 0.05) is 22.5 Å². The summed E-state index contributed by atoms with van der Waals surface area (Å²) in [5.74, 6) is -6.48. The zero-order valence-electron chi connectivity index (χ0n) is 22.6. The Kier molecular flexibility index (Phi) is 6.98. The molecule has 220 valence electrons. The van der Waals surface area contributed by atoms with Gasteiger partial charge >= 0.3 is 0 Å². The highest BCUT2D eigenvalue weighted by atomic mass is 79.9. The quantitative estimate of drug-likeness (QED) is 0.262. The van der Waals surface area contributed by atoms with Gasteiger partial charge in [-0.3, -0.25) is 24.1 Å². The summed E-state index contributed by atoms with van der Waals surface area (Å²) in [5, 5.41) is 11.4. The number of carbonyl (C=O) groups is 4. The third kappa shape index (κ3) is 3.77. The van der Waals surface area contributed by atoms with Crippen LogP contribution in [0.4, 0.5) is 10.1 Å². The molecule has 3 fully saturated rings. The smallest absolute Gasteiger partial charge is 0.258 e. The number of phenolic OH excluding ortho intramolecular Hbond substituents is 1. The molecular formula is C30H26BrCl2FN2O6. The molecule has 0 spiro atoms. The van der Waals surface area contributed by atoms with E-state index in [2.05, 4.69) is 15.9 Å². The molecule has 2 aromatic rings.